The van der Waals surface area contributed by atoms with Crippen molar-refractivity contribution in [2.45, 2.75) is 44.7 Å². The van der Waals surface area contributed by atoms with E-state index in [2.05, 4.69) is 62.3 Å². The first-order valence-electron chi connectivity index (χ1n) is 11.4. The number of anilines is 1. The van der Waals surface area contributed by atoms with Gasteiger partial charge in [-0.3, -0.25) is 9.79 Å². The fourth-order valence-corrected chi connectivity index (χ4v) is 4.92. The van der Waals surface area contributed by atoms with Crippen LogP contribution in [-0.2, 0) is 10.2 Å². The van der Waals surface area contributed by atoms with E-state index in [9.17, 15) is 13.6 Å². The number of nitrogens with zero attached hydrogens (tertiary/aromatic N) is 3. The molecule has 2 aromatic carbocycles. The lowest BCUT2D eigenvalue weighted by atomic mass is 9.86. The number of carbonyl (C=O) groups is 1. The number of benzene rings is 2. The fraction of sp³-hybridized carbons (Fsp3) is 0.423. The molecule has 0 aromatic heterocycles. The third-order valence-corrected chi connectivity index (χ3v) is 7.15. The molecular weight excluding hydrogens is 454 g/mol. The average Bonchev–Trinajstić information content (AvgIpc) is 3.15. The van der Waals surface area contributed by atoms with Crippen molar-refractivity contribution in [3.05, 3.63) is 65.2 Å². The Kier molecular flexibility index (Phi) is 6.92. The Balaban J connectivity index is 1.52. The van der Waals surface area contributed by atoms with E-state index < -0.39 is 17.3 Å². The van der Waals surface area contributed by atoms with E-state index in [0.717, 1.165) is 54.4 Å². The molecule has 5 nitrogen and oxygen atoms in total. The van der Waals surface area contributed by atoms with Crippen molar-refractivity contribution in [1.29, 1.82) is 0 Å². The van der Waals surface area contributed by atoms with E-state index in [0.29, 0.717) is 0 Å². The predicted octanol–water partition coefficient (Wildman–Crippen LogP) is 5.26. The number of likely N-dealkylation sites (tertiary alicyclic amines) is 1. The van der Waals surface area contributed by atoms with Crippen LogP contribution in [0.25, 0.3) is 0 Å². The van der Waals surface area contributed by atoms with Crippen LogP contribution in [0.4, 0.5) is 14.5 Å². The Labute approximate surface area is 203 Å². The van der Waals surface area contributed by atoms with Crippen molar-refractivity contribution < 1.29 is 13.6 Å². The van der Waals surface area contributed by atoms with E-state index in [1.807, 2.05) is 0 Å². The smallest absolute Gasteiger partial charge is 0.234 e. The van der Waals surface area contributed by atoms with Gasteiger partial charge in [-0.1, -0.05) is 56.8 Å². The molecular formula is C26H30F2N4OS. The van der Waals surface area contributed by atoms with Crippen molar-refractivity contribution in [3.63, 3.8) is 0 Å². The van der Waals surface area contributed by atoms with Gasteiger partial charge < -0.3 is 10.2 Å². The highest BCUT2D eigenvalue weighted by Crippen LogP contribution is 2.35. The summed E-state index contributed by atoms with van der Waals surface area (Å²) in [7, 11) is 2.10. The molecule has 34 heavy (non-hydrogen) atoms. The van der Waals surface area contributed by atoms with Gasteiger partial charge in [-0.25, -0.2) is 13.8 Å². The van der Waals surface area contributed by atoms with Crippen LogP contribution in [-0.4, -0.2) is 53.1 Å². The number of nitrogens with one attached hydrogen (secondary N) is 1. The summed E-state index contributed by atoms with van der Waals surface area (Å²) in [6.07, 6.45) is 1.66. The van der Waals surface area contributed by atoms with E-state index in [-0.39, 0.29) is 22.8 Å². The van der Waals surface area contributed by atoms with Gasteiger partial charge in [0.2, 0.25) is 5.91 Å². The van der Waals surface area contributed by atoms with Crippen molar-refractivity contribution in [2.75, 3.05) is 31.2 Å². The first kappa shape index (κ1) is 24.5. The van der Waals surface area contributed by atoms with Gasteiger partial charge in [0, 0.05) is 43.2 Å². The average molecular weight is 485 g/mol. The highest BCUT2D eigenvalue weighted by Gasteiger charge is 2.39. The van der Waals surface area contributed by atoms with Crippen LogP contribution >= 0.6 is 11.8 Å². The minimum Gasteiger partial charge on any atom is -0.325 e. The molecule has 1 fully saturated rings. The number of halogens is 2. The number of carbonyl (C=O) groups excluding carboxylic acids is 1. The number of rotatable bonds is 4. The van der Waals surface area contributed by atoms with Crippen molar-refractivity contribution >= 4 is 34.1 Å². The van der Waals surface area contributed by atoms with Crippen LogP contribution < -0.4 is 5.32 Å². The Morgan fingerprint density at radius 1 is 1.06 bits per heavy atom. The molecule has 1 N–H and O–H groups in total. The van der Waals surface area contributed by atoms with Crippen LogP contribution in [0.5, 0.6) is 0 Å². The largest absolute Gasteiger partial charge is 0.325 e. The lowest BCUT2D eigenvalue weighted by Gasteiger charge is -2.33. The standard InChI is InChI=1S/C26H30F2N4OS/c1-25(2,3)18-7-5-17(6-8-18)23-24(31-26(30-23)11-13-32(4)14-12-26)34-16-22(33)29-19-9-10-20(27)21(28)15-19/h5-10,15H,11-14,16H2,1-4H3,(H,29,33). The summed E-state index contributed by atoms with van der Waals surface area (Å²) in [6.45, 7) is 8.36. The predicted molar refractivity (Wildman–Crippen MR) is 136 cm³/mol. The van der Waals surface area contributed by atoms with Gasteiger partial charge in [-0.15, -0.1) is 0 Å². The first-order chi connectivity index (χ1) is 16.0. The van der Waals surface area contributed by atoms with Gasteiger partial charge >= 0.3 is 0 Å². The summed E-state index contributed by atoms with van der Waals surface area (Å²) < 4.78 is 26.6. The third kappa shape index (κ3) is 5.55. The Morgan fingerprint density at radius 2 is 1.74 bits per heavy atom. The number of hydrogen-bond donors (Lipinski definition) is 1. The van der Waals surface area contributed by atoms with Crippen LogP contribution in [0.2, 0.25) is 0 Å². The number of amides is 1. The van der Waals surface area contributed by atoms with E-state index in [1.165, 1.54) is 23.4 Å². The first-order valence-corrected chi connectivity index (χ1v) is 12.4. The molecule has 180 valence electrons. The summed E-state index contributed by atoms with van der Waals surface area (Å²) in [5, 5.41) is 3.37. The van der Waals surface area contributed by atoms with E-state index in [4.69, 9.17) is 9.98 Å². The molecule has 4 rings (SSSR count). The second-order valence-electron chi connectivity index (χ2n) is 9.96. The third-order valence-electron chi connectivity index (χ3n) is 6.19. The molecule has 8 heteroatoms. The minimum absolute atomic E-state index is 0.0504. The zero-order valence-electron chi connectivity index (χ0n) is 20.0. The number of piperidine rings is 1. The summed E-state index contributed by atoms with van der Waals surface area (Å²) >= 11 is 1.33. The second-order valence-corrected chi connectivity index (χ2v) is 10.9. The topological polar surface area (TPSA) is 57.1 Å². The van der Waals surface area contributed by atoms with E-state index >= 15 is 0 Å². The molecule has 2 aliphatic heterocycles. The quantitative estimate of drug-likeness (QED) is 0.644. The van der Waals surface area contributed by atoms with Crippen LogP contribution in [0, 0.1) is 11.6 Å². The maximum Gasteiger partial charge on any atom is 0.234 e. The zero-order chi connectivity index (χ0) is 24.5. The number of hydrogen-bond acceptors (Lipinski definition) is 5. The maximum atomic E-state index is 13.5. The summed E-state index contributed by atoms with van der Waals surface area (Å²) in [5.41, 5.74) is 2.82. The molecule has 1 saturated heterocycles. The molecule has 0 radical (unpaired) electrons. The highest BCUT2D eigenvalue weighted by molar-refractivity contribution is 8.16. The summed E-state index contributed by atoms with van der Waals surface area (Å²) in [6, 6.07) is 11.7. The number of aliphatic imine (C=N–C) groups is 2. The molecule has 0 saturated carbocycles. The van der Waals surface area contributed by atoms with Crippen molar-refractivity contribution in [2.24, 2.45) is 9.98 Å². The zero-order valence-corrected chi connectivity index (χ0v) is 20.8. The van der Waals surface area contributed by atoms with Gasteiger partial charge in [0.05, 0.1) is 11.5 Å². The lowest BCUT2D eigenvalue weighted by molar-refractivity contribution is -0.113. The molecule has 0 atom stereocenters. The molecule has 0 aliphatic carbocycles. The van der Waals surface area contributed by atoms with Crippen LogP contribution in [0.15, 0.2) is 52.4 Å². The summed E-state index contributed by atoms with van der Waals surface area (Å²) in [4.78, 5) is 24.9. The van der Waals surface area contributed by atoms with E-state index in [1.54, 1.807) is 0 Å². The van der Waals surface area contributed by atoms with Gasteiger partial charge in [-0.2, -0.15) is 0 Å². The molecule has 0 unspecified atom stereocenters. The molecule has 2 aromatic rings. The maximum absolute atomic E-state index is 13.5. The number of thioether (sulfide) groups is 1. The second kappa shape index (κ2) is 9.58. The summed E-state index contributed by atoms with van der Waals surface area (Å²) in [5.74, 6) is -2.17. The van der Waals surface area contributed by atoms with Gasteiger partial charge in [0.15, 0.2) is 17.3 Å². The lowest BCUT2D eigenvalue weighted by Crippen LogP contribution is -2.39. The van der Waals surface area contributed by atoms with Gasteiger partial charge in [-0.05, 0) is 30.2 Å². The van der Waals surface area contributed by atoms with Crippen molar-refractivity contribution in [1.82, 2.24) is 4.90 Å². The van der Waals surface area contributed by atoms with Crippen molar-refractivity contribution in [3.8, 4) is 0 Å². The molecule has 2 heterocycles. The Hall–Kier alpha value is -2.58. The monoisotopic (exact) mass is 484 g/mol. The fourth-order valence-electron chi connectivity index (χ4n) is 4.04. The molecule has 1 spiro atoms. The normalized spacial score (nSPS) is 18.1. The van der Waals surface area contributed by atoms with Crippen LogP contribution in [0.1, 0.15) is 44.7 Å². The van der Waals surface area contributed by atoms with Crippen LogP contribution in [0.3, 0.4) is 0 Å². The Bertz CT molecular complexity index is 1130. The molecule has 1 amide bonds. The highest BCUT2D eigenvalue weighted by atomic mass is 32.2. The van der Waals surface area contributed by atoms with Gasteiger partial charge in [0.1, 0.15) is 5.04 Å². The SMILES string of the molecule is CN1CCC2(CC1)N=C(SCC(=O)Nc1ccc(F)c(F)c1)C(c1ccc(C(C)(C)C)cc1)=N2. The Morgan fingerprint density at radius 3 is 2.35 bits per heavy atom. The molecule has 2 aliphatic rings. The molecule has 0 bridgehead atoms. The van der Waals surface area contributed by atoms with Gasteiger partial charge in [0.25, 0.3) is 0 Å². The minimum atomic E-state index is -0.997.